The van der Waals surface area contributed by atoms with Crippen molar-refractivity contribution < 1.29 is 19.1 Å². The van der Waals surface area contributed by atoms with Crippen LogP contribution in [0.25, 0.3) is 0 Å². The number of carbonyl (C=O) groups excluding carboxylic acids is 2. The fraction of sp³-hybridized carbons (Fsp3) is 0.364. The minimum absolute atomic E-state index is 0.298. The molecule has 2 aromatic carbocycles. The number of amides is 1. The molecule has 1 atom stereocenters. The second-order valence-corrected chi connectivity index (χ2v) is 6.67. The minimum atomic E-state index is -0.383. The van der Waals surface area contributed by atoms with Gasteiger partial charge in [0.1, 0.15) is 0 Å². The second kappa shape index (κ2) is 9.90. The lowest BCUT2D eigenvalue weighted by atomic mass is 9.97. The van der Waals surface area contributed by atoms with Crippen molar-refractivity contribution in [3.05, 3.63) is 60.2 Å². The van der Waals surface area contributed by atoms with E-state index in [0.717, 1.165) is 37.6 Å². The third-order valence-corrected chi connectivity index (χ3v) is 4.77. The number of rotatable bonds is 7. The van der Waals surface area contributed by atoms with Crippen molar-refractivity contribution in [1.29, 1.82) is 0 Å². The van der Waals surface area contributed by atoms with Crippen LogP contribution in [0.1, 0.15) is 24.8 Å². The molecule has 1 aliphatic heterocycles. The number of ether oxygens (including phenoxy) is 2. The van der Waals surface area contributed by atoms with Gasteiger partial charge in [-0.25, -0.2) is 0 Å². The molecular weight excluding hydrogens is 356 g/mol. The summed E-state index contributed by atoms with van der Waals surface area (Å²) in [4.78, 5) is 26.7. The Balaban J connectivity index is 1.49. The molecular formula is C22H26N2O4. The van der Waals surface area contributed by atoms with E-state index in [1.54, 1.807) is 0 Å². The lowest BCUT2D eigenvalue weighted by Gasteiger charge is -2.28. The number of hydrogen-bond acceptors (Lipinski definition) is 5. The Morgan fingerprint density at radius 2 is 1.75 bits per heavy atom. The first-order valence-electron chi connectivity index (χ1n) is 9.61. The number of hydrogen-bond donors (Lipinski definition) is 1. The average Bonchev–Trinajstić information content (AvgIpc) is 2.75. The largest absolute Gasteiger partial charge is 0.455 e. The summed E-state index contributed by atoms with van der Waals surface area (Å²) in [7, 11) is 0. The number of morpholine rings is 1. The highest BCUT2D eigenvalue weighted by Crippen LogP contribution is 2.21. The normalized spacial score (nSPS) is 15.0. The zero-order valence-corrected chi connectivity index (χ0v) is 16.1. The lowest BCUT2D eigenvalue weighted by Crippen LogP contribution is -2.36. The Morgan fingerprint density at radius 3 is 2.39 bits per heavy atom. The van der Waals surface area contributed by atoms with E-state index < -0.39 is 0 Å². The second-order valence-electron chi connectivity index (χ2n) is 6.67. The van der Waals surface area contributed by atoms with Crippen LogP contribution in [0, 0.1) is 0 Å². The maximum Gasteiger partial charge on any atom is 0.313 e. The predicted octanol–water partition coefficient (Wildman–Crippen LogP) is 3.20. The average molecular weight is 382 g/mol. The van der Waals surface area contributed by atoms with Crippen molar-refractivity contribution in [3.63, 3.8) is 0 Å². The molecule has 0 aromatic heterocycles. The fourth-order valence-electron chi connectivity index (χ4n) is 3.24. The molecule has 2 aromatic rings. The third-order valence-electron chi connectivity index (χ3n) is 4.77. The maximum absolute atomic E-state index is 12.3. The Bertz CT molecular complexity index is 771. The van der Waals surface area contributed by atoms with Gasteiger partial charge in [0.2, 0.25) is 0 Å². The van der Waals surface area contributed by atoms with E-state index >= 15 is 0 Å². The summed E-state index contributed by atoms with van der Waals surface area (Å²) in [6.07, 6.45) is 0.619. The Kier molecular flexibility index (Phi) is 7.03. The summed E-state index contributed by atoms with van der Waals surface area (Å²) < 4.78 is 10.6. The highest BCUT2D eigenvalue weighted by atomic mass is 16.5. The molecule has 1 saturated heterocycles. The van der Waals surface area contributed by atoms with Crippen molar-refractivity contribution in [2.24, 2.45) is 0 Å². The predicted molar refractivity (Wildman–Crippen MR) is 109 cm³/mol. The molecule has 28 heavy (non-hydrogen) atoms. The Hall–Kier alpha value is -2.86. The van der Waals surface area contributed by atoms with Crippen LogP contribution in [0.4, 0.5) is 11.4 Å². The van der Waals surface area contributed by atoms with Gasteiger partial charge in [0.25, 0.3) is 5.91 Å². The van der Waals surface area contributed by atoms with E-state index in [9.17, 15) is 9.59 Å². The van der Waals surface area contributed by atoms with Gasteiger partial charge in [-0.3, -0.25) is 9.59 Å². The van der Waals surface area contributed by atoms with Gasteiger partial charge in [0, 0.05) is 24.5 Å². The van der Waals surface area contributed by atoms with Crippen LogP contribution in [0.2, 0.25) is 0 Å². The zero-order chi connectivity index (χ0) is 19.8. The smallest absolute Gasteiger partial charge is 0.313 e. The van der Waals surface area contributed by atoms with Crippen molar-refractivity contribution in [2.45, 2.75) is 19.3 Å². The van der Waals surface area contributed by atoms with Gasteiger partial charge in [-0.1, -0.05) is 37.3 Å². The number of nitrogens with one attached hydrogen (secondary N) is 1. The summed E-state index contributed by atoms with van der Waals surface area (Å²) in [5.74, 6) is -1.09. The van der Waals surface area contributed by atoms with E-state index in [2.05, 4.69) is 10.2 Å². The summed E-state index contributed by atoms with van der Waals surface area (Å²) >= 11 is 0. The zero-order valence-electron chi connectivity index (χ0n) is 16.1. The molecule has 1 heterocycles. The lowest BCUT2D eigenvalue weighted by molar-refractivity contribution is -0.149. The van der Waals surface area contributed by atoms with E-state index in [1.165, 1.54) is 0 Å². The SMILES string of the molecule is CC[C@@H](C(=O)OCC(=O)Nc1ccc(N2CCOCC2)cc1)c1ccccc1. The number of benzene rings is 2. The third kappa shape index (κ3) is 5.33. The quantitative estimate of drug-likeness (QED) is 0.745. The molecule has 0 spiro atoms. The van der Waals surface area contributed by atoms with Gasteiger partial charge in [-0.05, 0) is 36.2 Å². The first kappa shape index (κ1) is 19.9. The molecule has 6 nitrogen and oxygen atoms in total. The first-order valence-corrected chi connectivity index (χ1v) is 9.61. The van der Waals surface area contributed by atoms with Gasteiger partial charge in [0.15, 0.2) is 6.61 Å². The molecule has 1 fully saturated rings. The van der Waals surface area contributed by atoms with Crippen molar-refractivity contribution in [1.82, 2.24) is 0 Å². The van der Waals surface area contributed by atoms with Crippen LogP contribution in [-0.2, 0) is 19.1 Å². The number of nitrogens with zero attached hydrogens (tertiary/aromatic N) is 1. The van der Waals surface area contributed by atoms with Crippen LogP contribution < -0.4 is 10.2 Å². The topological polar surface area (TPSA) is 67.9 Å². The summed E-state index contributed by atoms with van der Waals surface area (Å²) in [5, 5.41) is 2.76. The standard InChI is InChI=1S/C22H26N2O4/c1-2-20(17-6-4-3-5-7-17)22(26)28-16-21(25)23-18-8-10-19(11-9-18)24-12-14-27-15-13-24/h3-11,20H,2,12-16H2,1H3,(H,23,25)/t20-/m1/s1. The maximum atomic E-state index is 12.3. The van der Waals surface area contributed by atoms with Gasteiger partial charge in [-0.2, -0.15) is 0 Å². The van der Waals surface area contributed by atoms with Crippen molar-refractivity contribution in [3.8, 4) is 0 Å². The van der Waals surface area contributed by atoms with Crippen LogP contribution in [0.15, 0.2) is 54.6 Å². The Morgan fingerprint density at radius 1 is 1.07 bits per heavy atom. The molecule has 148 valence electrons. The van der Waals surface area contributed by atoms with Gasteiger partial charge < -0.3 is 19.7 Å². The van der Waals surface area contributed by atoms with E-state index in [0.29, 0.717) is 12.1 Å². The molecule has 0 unspecified atom stereocenters. The molecule has 1 aliphatic rings. The molecule has 6 heteroatoms. The van der Waals surface area contributed by atoms with E-state index in [-0.39, 0.29) is 24.4 Å². The highest BCUT2D eigenvalue weighted by Gasteiger charge is 2.21. The fourth-order valence-corrected chi connectivity index (χ4v) is 3.24. The van der Waals surface area contributed by atoms with Gasteiger partial charge in [-0.15, -0.1) is 0 Å². The minimum Gasteiger partial charge on any atom is -0.455 e. The van der Waals surface area contributed by atoms with Crippen LogP contribution in [-0.4, -0.2) is 44.8 Å². The van der Waals surface area contributed by atoms with Crippen LogP contribution in [0.3, 0.4) is 0 Å². The molecule has 3 rings (SSSR count). The summed E-state index contributed by atoms with van der Waals surface area (Å²) in [6, 6.07) is 17.1. The number of anilines is 2. The molecule has 0 saturated carbocycles. The van der Waals surface area contributed by atoms with Crippen LogP contribution >= 0.6 is 0 Å². The number of carbonyl (C=O) groups is 2. The molecule has 1 N–H and O–H groups in total. The highest BCUT2D eigenvalue weighted by molar-refractivity contribution is 5.93. The summed E-state index contributed by atoms with van der Waals surface area (Å²) in [5.41, 5.74) is 2.67. The number of esters is 1. The van der Waals surface area contributed by atoms with Gasteiger partial charge >= 0.3 is 5.97 Å². The molecule has 0 radical (unpaired) electrons. The van der Waals surface area contributed by atoms with Gasteiger partial charge in [0.05, 0.1) is 19.1 Å². The van der Waals surface area contributed by atoms with E-state index in [1.807, 2.05) is 61.5 Å². The van der Waals surface area contributed by atoms with Crippen LogP contribution in [0.5, 0.6) is 0 Å². The monoisotopic (exact) mass is 382 g/mol. The molecule has 0 bridgehead atoms. The van der Waals surface area contributed by atoms with Crippen molar-refractivity contribution in [2.75, 3.05) is 43.1 Å². The molecule has 1 amide bonds. The first-order chi connectivity index (χ1) is 13.7. The van der Waals surface area contributed by atoms with E-state index in [4.69, 9.17) is 9.47 Å². The van der Waals surface area contributed by atoms with Crippen molar-refractivity contribution >= 4 is 23.3 Å². The summed E-state index contributed by atoms with van der Waals surface area (Å²) in [6.45, 7) is 4.81. The molecule has 0 aliphatic carbocycles. The Labute approximate surface area is 165 Å².